The SMILES string of the molecule is CCCC(O)(CCC)CNC(=O)c1cc(C)nn1C. The fourth-order valence-corrected chi connectivity index (χ4v) is 2.39. The van der Waals surface area contributed by atoms with Gasteiger partial charge in [-0.3, -0.25) is 9.48 Å². The molecule has 0 atom stereocenters. The maximum Gasteiger partial charge on any atom is 0.269 e. The molecule has 0 radical (unpaired) electrons. The summed E-state index contributed by atoms with van der Waals surface area (Å²) in [7, 11) is 1.74. The van der Waals surface area contributed by atoms with Crippen LogP contribution in [0.5, 0.6) is 0 Å². The molecule has 108 valence electrons. The highest BCUT2D eigenvalue weighted by Gasteiger charge is 2.26. The number of hydrogen-bond acceptors (Lipinski definition) is 3. The summed E-state index contributed by atoms with van der Waals surface area (Å²) in [4.78, 5) is 12.1. The molecule has 19 heavy (non-hydrogen) atoms. The number of aliphatic hydroxyl groups is 1. The lowest BCUT2D eigenvalue weighted by molar-refractivity contribution is 0.0212. The molecule has 0 aliphatic carbocycles. The third-order valence-electron chi connectivity index (χ3n) is 3.24. The van der Waals surface area contributed by atoms with Crippen LogP contribution < -0.4 is 5.32 Å². The number of hydrogen-bond donors (Lipinski definition) is 2. The van der Waals surface area contributed by atoms with Gasteiger partial charge < -0.3 is 10.4 Å². The van der Waals surface area contributed by atoms with Crippen molar-refractivity contribution in [1.29, 1.82) is 0 Å². The van der Waals surface area contributed by atoms with E-state index in [0.29, 0.717) is 18.5 Å². The molecule has 1 aromatic heterocycles. The zero-order valence-corrected chi connectivity index (χ0v) is 12.4. The molecule has 0 fully saturated rings. The van der Waals surface area contributed by atoms with Crippen LogP contribution in [0.15, 0.2) is 6.07 Å². The Balaban J connectivity index is 2.64. The number of aromatic nitrogens is 2. The minimum Gasteiger partial charge on any atom is -0.388 e. The first-order valence-corrected chi connectivity index (χ1v) is 6.93. The topological polar surface area (TPSA) is 67.2 Å². The lowest BCUT2D eigenvalue weighted by Gasteiger charge is -2.27. The monoisotopic (exact) mass is 267 g/mol. The van der Waals surface area contributed by atoms with Gasteiger partial charge in [0.1, 0.15) is 5.69 Å². The van der Waals surface area contributed by atoms with E-state index >= 15 is 0 Å². The number of amides is 1. The predicted octanol–water partition coefficient (Wildman–Crippen LogP) is 1.79. The second-order valence-corrected chi connectivity index (χ2v) is 5.20. The van der Waals surface area contributed by atoms with Crippen LogP contribution >= 0.6 is 0 Å². The minimum atomic E-state index is -0.799. The van der Waals surface area contributed by atoms with Gasteiger partial charge in [0, 0.05) is 13.6 Å². The van der Waals surface area contributed by atoms with Gasteiger partial charge >= 0.3 is 0 Å². The van der Waals surface area contributed by atoms with E-state index in [4.69, 9.17) is 0 Å². The van der Waals surface area contributed by atoms with Crippen LogP contribution in [-0.2, 0) is 7.05 Å². The molecule has 1 aromatic rings. The van der Waals surface area contributed by atoms with E-state index in [1.807, 2.05) is 20.8 Å². The first-order valence-electron chi connectivity index (χ1n) is 6.93. The predicted molar refractivity (Wildman–Crippen MR) is 75.0 cm³/mol. The summed E-state index contributed by atoms with van der Waals surface area (Å²) in [5.41, 5.74) is 0.533. The highest BCUT2D eigenvalue weighted by Crippen LogP contribution is 2.18. The van der Waals surface area contributed by atoms with E-state index in [1.54, 1.807) is 17.8 Å². The summed E-state index contributed by atoms with van der Waals surface area (Å²) in [6.07, 6.45) is 3.20. The smallest absolute Gasteiger partial charge is 0.269 e. The molecule has 1 rings (SSSR count). The summed E-state index contributed by atoms with van der Waals surface area (Å²) in [6.45, 7) is 6.21. The fraction of sp³-hybridized carbons (Fsp3) is 0.714. The zero-order valence-electron chi connectivity index (χ0n) is 12.4. The molecule has 5 nitrogen and oxygen atoms in total. The van der Waals surface area contributed by atoms with Gasteiger partial charge in [0.25, 0.3) is 5.91 Å². The van der Waals surface area contributed by atoms with Crippen molar-refractivity contribution >= 4 is 5.91 Å². The maximum atomic E-state index is 12.1. The number of rotatable bonds is 7. The molecular formula is C14H25N3O2. The first kappa shape index (κ1) is 15.7. The van der Waals surface area contributed by atoms with E-state index in [2.05, 4.69) is 10.4 Å². The number of aryl methyl sites for hydroxylation is 2. The van der Waals surface area contributed by atoms with E-state index in [1.165, 1.54) is 0 Å². The van der Waals surface area contributed by atoms with Crippen molar-refractivity contribution < 1.29 is 9.90 Å². The Morgan fingerprint density at radius 1 is 1.42 bits per heavy atom. The molecule has 0 unspecified atom stereocenters. The zero-order chi connectivity index (χ0) is 14.5. The lowest BCUT2D eigenvalue weighted by atomic mass is 9.92. The standard InChI is InChI=1S/C14H25N3O2/c1-5-7-14(19,8-6-2)10-15-13(18)12-9-11(3)16-17(12)4/h9,19H,5-8,10H2,1-4H3,(H,15,18). The molecule has 1 amide bonds. The number of carbonyl (C=O) groups is 1. The van der Waals surface area contributed by atoms with Crippen molar-refractivity contribution in [3.63, 3.8) is 0 Å². The van der Waals surface area contributed by atoms with E-state index in [-0.39, 0.29) is 12.5 Å². The normalized spacial score (nSPS) is 11.6. The Hall–Kier alpha value is -1.36. The summed E-state index contributed by atoms with van der Waals surface area (Å²) in [5, 5.41) is 17.4. The Labute approximate surface area is 115 Å². The van der Waals surface area contributed by atoms with Crippen molar-refractivity contribution in [3.8, 4) is 0 Å². The van der Waals surface area contributed by atoms with Crippen LogP contribution in [0.1, 0.15) is 55.7 Å². The molecule has 0 aromatic carbocycles. The Morgan fingerprint density at radius 3 is 2.42 bits per heavy atom. The molecule has 0 aliphatic rings. The number of carbonyl (C=O) groups excluding carboxylic acids is 1. The Kier molecular flexibility index (Phi) is 5.54. The largest absolute Gasteiger partial charge is 0.388 e. The van der Waals surface area contributed by atoms with Crippen LogP contribution in [0.3, 0.4) is 0 Å². The molecular weight excluding hydrogens is 242 g/mol. The van der Waals surface area contributed by atoms with Crippen LogP contribution in [0.25, 0.3) is 0 Å². The van der Waals surface area contributed by atoms with Crippen LogP contribution in [0.2, 0.25) is 0 Å². The van der Waals surface area contributed by atoms with Crippen LogP contribution in [0.4, 0.5) is 0 Å². The van der Waals surface area contributed by atoms with Crippen molar-refractivity contribution in [2.75, 3.05) is 6.54 Å². The summed E-state index contributed by atoms with van der Waals surface area (Å²) < 4.78 is 1.56. The van der Waals surface area contributed by atoms with Gasteiger partial charge in [-0.2, -0.15) is 5.10 Å². The maximum absolute atomic E-state index is 12.1. The molecule has 0 spiro atoms. The summed E-state index contributed by atoms with van der Waals surface area (Å²) in [5.74, 6) is -0.186. The average Bonchev–Trinajstić information content (AvgIpc) is 2.66. The lowest BCUT2D eigenvalue weighted by Crippen LogP contribution is -2.43. The molecule has 2 N–H and O–H groups in total. The third-order valence-corrected chi connectivity index (χ3v) is 3.24. The number of nitrogens with one attached hydrogen (secondary N) is 1. The van der Waals surface area contributed by atoms with Gasteiger partial charge in [0.05, 0.1) is 11.3 Å². The van der Waals surface area contributed by atoms with Gasteiger partial charge in [-0.25, -0.2) is 0 Å². The summed E-state index contributed by atoms with van der Waals surface area (Å²) in [6, 6.07) is 1.74. The van der Waals surface area contributed by atoms with Gasteiger partial charge in [-0.05, 0) is 25.8 Å². The molecule has 1 heterocycles. The van der Waals surface area contributed by atoms with E-state index in [9.17, 15) is 9.90 Å². The Bertz CT molecular complexity index is 420. The molecule has 5 heteroatoms. The van der Waals surface area contributed by atoms with Crippen molar-refractivity contribution in [2.24, 2.45) is 7.05 Å². The fourth-order valence-electron chi connectivity index (χ4n) is 2.39. The van der Waals surface area contributed by atoms with Crippen molar-refractivity contribution in [3.05, 3.63) is 17.5 Å². The van der Waals surface area contributed by atoms with E-state index in [0.717, 1.165) is 18.5 Å². The average molecular weight is 267 g/mol. The van der Waals surface area contributed by atoms with Gasteiger partial charge in [0.2, 0.25) is 0 Å². The molecule has 0 aliphatic heterocycles. The van der Waals surface area contributed by atoms with Gasteiger partial charge in [-0.1, -0.05) is 26.7 Å². The van der Waals surface area contributed by atoms with Crippen LogP contribution in [-0.4, -0.2) is 32.9 Å². The summed E-state index contributed by atoms with van der Waals surface area (Å²) >= 11 is 0. The van der Waals surface area contributed by atoms with Gasteiger partial charge in [0.15, 0.2) is 0 Å². The van der Waals surface area contributed by atoms with E-state index < -0.39 is 5.60 Å². The third kappa shape index (κ3) is 4.35. The Morgan fingerprint density at radius 2 is 2.00 bits per heavy atom. The number of nitrogens with zero attached hydrogens (tertiary/aromatic N) is 2. The van der Waals surface area contributed by atoms with Crippen LogP contribution in [0, 0.1) is 6.92 Å². The molecule has 0 saturated carbocycles. The highest BCUT2D eigenvalue weighted by atomic mass is 16.3. The minimum absolute atomic E-state index is 0.186. The second kappa shape index (κ2) is 6.70. The van der Waals surface area contributed by atoms with Crippen molar-refractivity contribution in [1.82, 2.24) is 15.1 Å². The second-order valence-electron chi connectivity index (χ2n) is 5.20. The molecule has 0 saturated heterocycles. The molecule has 0 bridgehead atoms. The first-order chi connectivity index (χ1) is 8.91. The van der Waals surface area contributed by atoms with Gasteiger partial charge in [-0.15, -0.1) is 0 Å². The van der Waals surface area contributed by atoms with Crippen molar-refractivity contribution in [2.45, 2.75) is 52.1 Å². The quantitative estimate of drug-likeness (QED) is 0.791. The highest BCUT2D eigenvalue weighted by molar-refractivity contribution is 5.92.